The van der Waals surface area contributed by atoms with E-state index in [4.69, 9.17) is 10.2 Å². The molecule has 3 unspecified atom stereocenters. The molecule has 1 aliphatic rings. The van der Waals surface area contributed by atoms with Crippen LogP contribution in [0, 0.1) is 5.92 Å². The van der Waals surface area contributed by atoms with Gasteiger partial charge < -0.3 is 20.6 Å². The summed E-state index contributed by atoms with van der Waals surface area (Å²) < 4.78 is 6.39. The van der Waals surface area contributed by atoms with Crippen LogP contribution in [0.1, 0.15) is 31.1 Å². The van der Waals surface area contributed by atoms with Crippen molar-refractivity contribution in [3.8, 4) is 0 Å². The first-order valence-electron chi connectivity index (χ1n) is 6.06. The number of hydrogen-bond acceptors (Lipinski definition) is 4. The van der Waals surface area contributed by atoms with E-state index in [1.165, 1.54) is 6.42 Å². The van der Waals surface area contributed by atoms with Crippen molar-refractivity contribution in [2.45, 2.75) is 31.3 Å². The zero-order valence-electron chi connectivity index (χ0n) is 9.73. The Hall–Kier alpha value is -0.360. The second-order valence-electron chi connectivity index (χ2n) is 4.57. The Kier molecular flexibility index (Phi) is 4.62. The minimum atomic E-state index is 0.0107. The van der Waals surface area contributed by atoms with Crippen LogP contribution in [0.5, 0.6) is 0 Å². The van der Waals surface area contributed by atoms with Gasteiger partial charge in [0.1, 0.15) is 5.76 Å². The summed E-state index contributed by atoms with van der Waals surface area (Å²) in [6.45, 7) is 0.731. The standard InChI is InChI=1S/C12H19BrN2O2/c13-9-4-5-17-12(9)11(6-14)15-10-3-1-2-8(10)7-16/h4-5,8,10-11,15-16H,1-3,6-7,14H2. The number of aliphatic hydroxyl groups is 1. The topological polar surface area (TPSA) is 71.4 Å². The Morgan fingerprint density at radius 1 is 1.59 bits per heavy atom. The predicted octanol–water partition coefficient (Wildman–Crippen LogP) is 1.79. The lowest BCUT2D eigenvalue weighted by atomic mass is 10.0. The van der Waals surface area contributed by atoms with Crippen molar-refractivity contribution < 1.29 is 9.52 Å². The quantitative estimate of drug-likeness (QED) is 0.775. The maximum Gasteiger partial charge on any atom is 0.136 e. The summed E-state index contributed by atoms with van der Waals surface area (Å²) in [5, 5.41) is 12.8. The number of nitrogens with one attached hydrogen (secondary N) is 1. The molecule has 5 heteroatoms. The number of aliphatic hydroxyl groups excluding tert-OH is 1. The molecule has 0 aliphatic heterocycles. The van der Waals surface area contributed by atoms with Crippen LogP contribution >= 0.6 is 15.9 Å². The molecule has 17 heavy (non-hydrogen) atoms. The van der Waals surface area contributed by atoms with E-state index < -0.39 is 0 Å². The monoisotopic (exact) mass is 302 g/mol. The predicted molar refractivity (Wildman–Crippen MR) is 69.6 cm³/mol. The van der Waals surface area contributed by atoms with E-state index in [2.05, 4.69) is 21.2 Å². The summed E-state index contributed by atoms with van der Waals surface area (Å²) in [5.41, 5.74) is 5.79. The Morgan fingerprint density at radius 3 is 3.00 bits per heavy atom. The maximum absolute atomic E-state index is 9.30. The molecule has 96 valence electrons. The molecular weight excluding hydrogens is 284 g/mol. The largest absolute Gasteiger partial charge is 0.466 e. The smallest absolute Gasteiger partial charge is 0.136 e. The normalized spacial score (nSPS) is 26.3. The van der Waals surface area contributed by atoms with E-state index >= 15 is 0 Å². The van der Waals surface area contributed by atoms with Crippen molar-refractivity contribution in [3.63, 3.8) is 0 Å². The van der Waals surface area contributed by atoms with Gasteiger partial charge in [0.2, 0.25) is 0 Å². The summed E-state index contributed by atoms with van der Waals surface area (Å²) in [4.78, 5) is 0. The van der Waals surface area contributed by atoms with Gasteiger partial charge in [0.25, 0.3) is 0 Å². The molecule has 0 aromatic carbocycles. The molecule has 3 atom stereocenters. The van der Waals surface area contributed by atoms with Gasteiger partial charge in [-0.2, -0.15) is 0 Å². The highest BCUT2D eigenvalue weighted by molar-refractivity contribution is 9.10. The first kappa shape index (κ1) is 13.1. The highest BCUT2D eigenvalue weighted by atomic mass is 79.9. The first-order chi connectivity index (χ1) is 8.26. The lowest BCUT2D eigenvalue weighted by Crippen LogP contribution is -2.39. The van der Waals surface area contributed by atoms with Gasteiger partial charge in [-0.15, -0.1) is 0 Å². The van der Waals surface area contributed by atoms with E-state index in [9.17, 15) is 5.11 Å². The fourth-order valence-corrected chi connectivity index (χ4v) is 3.02. The van der Waals surface area contributed by atoms with Gasteiger partial charge >= 0.3 is 0 Å². The number of rotatable bonds is 5. The summed E-state index contributed by atoms with van der Waals surface area (Å²) in [7, 11) is 0. The first-order valence-corrected chi connectivity index (χ1v) is 6.85. The highest BCUT2D eigenvalue weighted by Crippen LogP contribution is 2.29. The Labute approximate surface area is 110 Å². The van der Waals surface area contributed by atoms with Crippen LogP contribution in [0.3, 0.4) is 0 Å². The third-order valence-corrected chi connectivity index (χ3v) is 4.16. The summed E-state index contributed by atoms with van der Waals surface area (Å²) in [6.07, 6.45) is 5.01. The van der Waals surface area contributed by atoms with Crippen molar-refractivity contribution >= 4 is 15.9 Å². The molecule has 1 fully saturated rings. The second kappa shape index (κ2) is 6.00. The van der Waals surface area contributed by atoms with E-state index in [-0.39, 0.29) is 12.6 Å². The average molecular weight is 303 g/mol. The van der Waals surface area contributed by atoms with Crippen LogP contribution in [0.4, 0.5) is 0 Å². The lowest BCUT2D eigenvalue weighted by Gasteiger charge is -2.24. The minimum Gasteiger partial charge on any atom is -0.466 e. The SMILES string of the molecule is NCC(NC1CCCC1CO)c1occc1Br. The van der Waals surface area contributed by atoms with Crippen LogP contribution < -0.4 is 11.1 Å². The lowest BCUT2D eigenvalue weighted by molar-refractivity contribution is 0.197. The van der Waals surface area contributed by atoms with Crippen LogP contribution in [0.25, 0.3) is 0 Å². The van der Waals surface area contributed by atoms with Gasteiger partial charge in [-0.05, 0) is 40.8 Å². The van der Waals surface area contributed by atoms with Crippen molar-refractivity contribution in [2.24, 2.45) is 11.7 Å². The molecular formula is C12H19BrN2O2. The van der Waals surface area contributed by atoms with E-state index in [0.29, 0.717) is 18.5 Å². The third-order valence-electron chi connectivity index (χ3n) is 3.51. The molecule has 0 bridgehead atoms. The zero-order chi connectivity index (χ0) is 12.3. The van der Waals surface area contributed by atoms with Gasteiger partial charge in [0.15, 0.2) is 0 Å². The number of halogens is 1. The molecule has 1 aliphatic carbocycles. The summed E-state index contributed by atoms with van der Waals surface area (Å²) in [5.74, 6) is 1.19. The molecule has 2 rings (SSSR count). The third kappa shape index (κ3) is 2.91. The maximum atomic E-state index is 9.30. The molecule has 4 nitrogen and oxygen atoms in total. The molecule has 1 aromatic heterocycles. The van der Waals surface area contributed by atoms with E-state index in [0.717, 1.165) is 23.1 Å². The van der Waals surface area contributed by atoms with Crippen LogP contribution in [0.2, 0.25) is 0 Å². The molecule has 1 heterocycles. The Morgan fingerprint density at radius 2 is 2.41 bits per heavy atom. The zero-order valence-corrected chi connectivity index (χ0v) is 11.3. The van der Waals surface area contributed by atoms with Crippen molar-refractivity contribution in [1.82, 2.24) is 5.32 Å². The minimum absolute atomic E-state index is 0.0107. The van der Waals surface area contributed by atoms with Crippen LogP contribution in [-0.4, -0.2) is 24.3 Å². The van der Waals surface area contributed by atoms with E-state index in [1.807, 2.05) is 6.07 Å². The fraction of sp³-hybridized carbons (Fsp3) is 0.667. The van der Waals surface area contributed by atoms with Crippen LogP contribution in [0.15, 0.2) is 21.2 Å². The molecule has 4 N–H and O–H groups in total. The summed E-state index contributed by atoms with van der Waals surface area (Å²) >= 11 is 3.45. The van der Waals surface area contributed by atoms with Crippen molar-refractivity contribution in [1.29, 1.82) is 0 Å². The average Bonchev–Trinajstić information content (AvgIpc) is 2.94. The Bertz CT molecular complexity index is 356. The molecule has 0 radical (unpaired) electrons. The van der Waals surface area contributed by atoms with Gasteiger partial charge in [-0.25, -0.2) is 0 Å². The molecule has 0 amide bonds. The van der Waals surface area contributed by atoms with Crippen molar-refractivity contribution in [3.05, 3.63) is 22.6 Å². The number of nitrogens with two attached hydrogens (primary N) is 1. The molecule has 1 aromatic rings. The molecule has 1 saturated carbocycles. The van der Waals surface area contributed by atoms with E-state index in [1.54, 1.807) is 6.26 Å². The summed E-state index contributed by atoms with van der Waals surface area (Å²) in [6, 6.07) is 2.22. The van der Waals surface area contributed by atoms with Crippen molar-refractivity contribution in [2.75, 3.05) is 13.2 Å². The number of furan rings is 1. The number of hydrogen-bond donors (Lipinski definition) is 3. The van der Waals surface area contributed by atoms with Gasteiger partial charge in [-0.1, -0.05) is 6.42 Å². The molecule has 0 saturated heterocycles. The van der Waals surface area contributed by atoms with Crippen LogP contribution in [-0.2, 0) is 0 Å². The Balaban J connectivity index is 2.03. The van der Waals surface area contributed by atoms with Gasteiger partial charge in [0, 0.05) is 19.2 Å². The van der Waals surface area contributed by atoms with Gasteiger partial charge in [0.05, 0.1) is 16.8 Å². The highest BCUT2D eigenvalue weighted by Gasteiger charge is 2.29. The fourth-order valence-electron chi connectivity index (χ4n) is 2.54. The van der Waals surface area contributed by atoms with Gasteiger partial charge in [-0.3, -0.25) is 0 Å². The second-order valence-corrected chi connectivity index (χ2v) is 5.42. The molecule has 0 spiro atoms.